The molecule has 0 radical (unpaired) electrons. The molecule has 0 aromatic carbocycles. The van der Waals surface area contributed by atoms with Gasteiger partial charge in [-0.1, -0.05) is 26.2 Å². The zero-order valence-corrected chi connectivity index (χ0v) is 10.7. The van der Waals surface area contributed by atoms with E-state index in [1.807, 2.05) is 6.07 Å². The lowest BCUT2D eigenvalue weighted by atomic mass is 9.84. The first-order valence-corrected chi connectivity index (χ1v) is 6.39. The molecule has 1 aliphatic carbocycles. The predicted molar refractivity (Wildman–Crippen MR) is 67.6 cm³/mol. The van der Waals surface area contributed by atoms with Crippen LogP contribution in [0.5, 0.6) is 0 Å². The van der Waals surface area contributed by atoms with Crippen molar-refractivity contribution in [1.29, 1.82) is 0 Å². The molecule has 2 rings (SSSR count). The van der Waals surface area contributed by atoms with Crippen molar-refractivity contribution in [3.63, 3.8) is 0 Å². The van der Waals surface area contributed by atoms with Crippen molar-refractivity contribution in [3.8, 4) is 0 Å². The van der Waals surface area contributed by atoms with Gasteiger partial charge >= 0.3 is 0 Å². The molecule has 17 heavy (non-hydrogen) atoms. The Morgan fingerprint density at radius 3 is 2.59 bits per heavy atom. The monoisotopic (exact) mass is 235 g/mol. The van der Waals surface area contributed by atoms with Crippen LogP contribution in [0.4, 0.5) is 5.82 Å². The summed E-state index contributed by atoms with van der Waals surface area (Å²) >= 11 is 0. The van der Waals surface area contributed by atoms with Crippen molar-refractivity contribution in [1.82, 2.24) is 9.97 Å². The summed E-state index contributed by atoms with van der Waals surface area (Å²) in [6.45, 7) is 2.08. The Balaban J connectivity index is 2.38. The first-order chi connectivity index (χ1) is 8.20. The van der Waals surface area contributed by atoms with Gasteiger partial charge in [-0.15, -0.1) is 0 Å². The summed E-state index contributed by atoms with van der Waals surface area (Å²) in [4.78, 5) is 8.99. The molecule has 0 amide bonds. The topological polar surface area (TPSA) is 61.0 Å². The number of aromatic nitrogens is 2. The molecule has 4 nitrogen and oxygen atoms in total. The van der Waals surface area contributed by atoms with Crippen LogP contribution in [0, 0.1) is 0 Å². The van der Waals surface area contributed by atoms with Crippen molar-refractivity contribution >= 4 is 5.82 Å². The van der Waals surface area contributed by atoms with E-state index in [1.54, 1.807) is 7.11 Å². The molecule has 0 saturated heterocycles. The van der Waals surface area contributed by atoms with E-state index in [-0.39, 0.29) is 5.60 Å². The number of hydrogen-bond acceptors (Lipinski definition) is 4. The first kappa shape index (κ1) is 12.3. The van der Waals surface area contributed by atoms with Crippen LogP contribution >= 0.6 is 0 Å². The minimum atomic E-state index is -0.308. The summed E-state index contributed by atoms with van der Waals surface area (Å²) in [5.41, 5.74) is 6.54. The Bertz CT molecular complexity index is 386. The Labute approximate surface area is 103 Å². The Hall–Kier alpha value is -1.16. The summed E-state index contributed by atoms with van der Waals surface area (Å²) < 4.78 is 5.74. The van der Waals surface area contributed by atoms with Gasteiger partial charge in [0.1, 0.15) is 11.4 Å². The Kier molecular flexibility index (Phi) is 3.62. The van der Waals surface area contributed by atoms with Gasteiger partial charge in [-0.3, -0.25) is 0 Å². The molecule has 94 valence electrons. The number of nitrogens with zero attached hydrogens (tertiary/aromatic N) is 2. The Morgan fingerprint density at radius 2 is 2.00 bits per heavy atom. The minimum Gasteiger partial charge on any atom is -0.384 e. The molecule has 0 bridgehead atoms. The van der Waals surface area contributed by atoms with Gasteiger partial charge in [0.15, 0.2) is 5.82 Å². The first-order valence-electron chi connectivity index (χ1n) is 6.39. The molecule has 1 saturated carbocycles. The normalized spacial score (nSPS) is 19.2. The maximum atomic E-state index is 5.85. The number of nitrogen functional groups attached to an aromatic ring is 1. The van der Waals surface area contributed by atoms with Crippen molar-refractivity contribution in [2.24, 2.45) is 0 Å². The van der Waals surface area contributed by atoms with Crippen molar-refractivity contribution < 1.29 is 4.74 Å². The van der Waals surface area contributed by atoms with E-state index in [0.717, 1.165) is 30.8 Å². The SMILES string of the molecule is CCc1cc(N)nc(C2(OC)CCCCC2)n1. The molecule has 1 heterocycles. The second-order valence-electron chi connectivity index (χ2n) is 4.72. The maximum Gasteiger partial charge on any atom is 0.162 e. The lowest BCUT2D eigenvalue weighted by Crippen LogP contribution is -2.33. The summed E-state index contributed by atoms with van der Waals surface area (Å²) in [6.07, 6.45) is 6.49. The number of hydrogen-bond donors (Lipinski definition) is 1. The predicted octanol–water partition coefficient (Wildman–Crippen LogP) is 2.43. The van der Waals surface area contributed by atoms with Gasteiger partial charge in [0.2, 0.25) is 0 Å². The average Bonchev–Trinajstić information content (AvgIpc) is 2.38. The molecule has 1 fully saturated rings. The van der Waals surface area contributed by atoms with Crippen LogP contribution in [0.2, 0.25) is 0 Å². The van der Waals surface area contributed by atoms with Crippen LogP contribution in [0.15, 0.2) is 6.07 Å². The molecular weight excluding hydrogens is 214 g/mol. The van der Waals surface area contributed by atoms with E-state index in [9.17, 15) is 0 Å². The van der Waals surface area contributed by atoms with Crippen LogP contribution in [-0.2, 0) is 16.8 Å². The van der Waals surface area contributed by atoms with Gasteiger partial charge in [-0.2, -0.15) is 0 Å². The smallest absolute Gasteiger partial charge is 0.162 e. The lowest BCUT2D eigenvalue weighted by Gasteiger charge is -2.34. The molecule has 0 spiro atoms. The van der Waals surface area contributed by atoms with Crippen LogP contribution in [0.25, 0.3) is 0 Å². The van der Waals surface area contributed by atoms with E-state index in [2.05, 4.69) is 16.9 Å². The largest absolute Gasteiger partial charge is 0.384 e. The minimum absolute atomic E-state index is 0.308. The van der Waals surface area contributed by atoms with E-state index in [4.69, 9.17) is 10.5 Å². The third kappa shape index (κ3) is 2.41. The molecule has 0 aliphatic heterocycles. The fraction of sp³-hybridized carbons (Fsp3) is 0.692. The molecule has 1 aromatic heterocycles. The lowest BCUT2D eigenvalue weighted by molar-refractivity contribution is -0.0515. The maximum absolute atomic E-state index is 5.85. The van der Waals surface area contributed by atoms with Gasteiger partial charge in [0.05, 0.1) is 0 Å². The second kappa shape index (κ2) is 5.00. The second-order valence-corrected chi connectivity index (χ2v) is 4.72. The quantitative estimate of drug-likeness (QED) is 0.874. The molecule has 1 aliphatic rings. The summed E-state index contributed by atoms with van der Waals surface area (Å²) in [5, 5.41) is 0. The van der Waals surface area contributed by atoms with E-state index < -0.39 is 0 Å². The third-order valence-corrected chi connectivity index (χ3v) is 3.62. The van der Waals surface area contributed by atoms with Gasteiger partial charge in [0.25, 0.3) is 0 Å². The molecular formula is C13H21N3O. The highest BCUT2D eigenvalue weighted by atomic mass is 16.5. The van der Waals surface area contributed by atoms with Crippen molar-refractivity contribution in [2.45, 2.75) is 51.0 Å². The van der Waals surface area contributed by atoms with E-state index >= 15 is 0 Å². The van der Waals surface area contributed by atoms with Gasteiger partial charge < -0.3 is 10.5 Å². The van der Waals surface area contributed by atoms with Crippen molar-refractivity contribution in [2.75, 3.05) is 12.8 Å². The van der Waals surface area contributed by atoms with E-state index in [0.29, 0.717) is 5.82 Å². The van der Waals surface area contributed by atoms with Crippen LogP contribution < -0.4 is 5.73 Å². The molecule has 0 atom stereocenters. The molecule has 0 unspecified atom stereocenters. The molecule has 2 N–H and O–H groups in total. The highest BCUT2D eigenvalue weighted by molar-refractivity contribution is 5.31. The van der Waals surface area contributed by atoms with E-state index in [1.165, 1.54) is 19.3 Å². The Morgan fingerprint density at radius 1 is 1.29 bits per heavy atom. The number of anilines is 1. The summed E-state index contributed by atoms with van der Waals surface area (Å²) in [5.74, 6) is 1.32. The number of aryl methyl sites for hydroxylation is 1. The van der Waals surface area contributed by atoms with Crippen LogP contribution in [-0.4, -0.2) is 17.1 Å². The standard InChI is InChI=1S/C13H21N3O/c1-3-10-9-11(14)16-12(15-10)13(17-2)7-5-4-6-8-13/h9H,3-8H2,1-2H3,(H2,14,15,16). The fourth-order valence-corrected chi connectivity index (χ4v) is 2.55. The fourth-order valence-electron chi connectivity index (χ4n) is 2.55. The zero-order valence-electron chi connectivity index (χ0n) is 10.7. The highest BCUT2D eigenvalue weighted by Crippen LogP contribution is 2.38. The number of rotatable bonds is 3. The molecule has 4 heteroatoms. The van der Waals surface area contributed by atoms with Crippen molar-refractivity contribution in [3.05, 3.63) is 17.6 Å². The number of nitrogens with two attached hydrogens (primary N) is 1. The molecule has 1 aromatic rings. The third-order valence-electron chi connectivity index (χ3n) is 3.62. The van der Waals surface area contributed by atoms with Gasteiger partial charge in [-0.25, -0.2) is 9.97 Å². The highest BCUT2D eigenvalue weighted by Gasteiger charge is 2.37. The van der Waals surface area contributed by atoms with Gasteiger partial charge in [0, 0.05) is 18.9 Å². The van der Waals surface area contributed by atoms with Crippen LogP contribution in [0.1, 0.15) is 50.5 Å². The number of methoxy groups -OCH3 is 1. The summed E-state index contributed by atoms with van der Waals surface area (Å²) in [7, 11) is 1.75. The van der Waals surface area contributed by atoms with Crippen LogP contribution in [0.3, 0.4) is 0 Å². The summed E-state index contributed by atoms with van der Waals surface area (Å²) in [6, 6.07) is 1.84. The van der Waals surface area contributed by atoms with Gasteiger partial charge in [-0.05, 0) is 19.3 Å². The number of ether oxygens (including phenoxy) is 1. The zero-order chi connectivity index (χ0) is 12.3. The average molecular weight is 235 g/mol.